The fourth-order valence-electron chi connectivity index (χ4n) is 2.19. The van der Waals surface area contributed by atoms with Gasteiger partial charge in [0.1, 0.15) is 0 Å². The zero-order chi connectivity index (χ0) is 13.2. The van der Waals surface area contributed by atoms with Crippen molar-refractivity contribution in [2.24, 2.45) is 11.7 Å². The van der Waals surface area contributed by atoms with Gasteiger partial charge in [-0.1, -0.05) is 12.1 Å². The highest BCUT2D eigenvalue weighted by molar-refractivity contribution is 5.92. The van der Waals surface area contributed by atoms with Gasteiger partial charge in [-0.25, -0.2) is 0 Å². The van der Waals surface area contributed by atoms with Crippen LogP contribution in [-0.4, -0.2) is 23.2 Å². The Morgan fingerprint density at radius 1 is 1.56 bits per heavy atom. The molecule has 1 unspecified atom stereocenters. The Morgan fingerprint density at radius 3 is 2.83 bits per heavy atom. The molecule has 0 saturated heterocycles. The van der Waals surface area contributed by atoms with E-state index in [2.05, 4.69) is 5.32 Å². The first-order valence-corrected chi connectivity index (χ1v) is 6.30. The molecule has 1 aliphatic rings. The molecule has 1 fully saturated rings. The topological polar surface area (TPSA) is 75.3 Å². The molecule has 0 heterocycles. The Balaban J connectivity index is 2.01. The van der Waals surface area contributed by atoms with Crippen molar-refractivity contribution in [2.45, 2.75) is 31.8 Å². The smallest absolute Gasteiger partial charge is 0.248 e. The fraction of sp³-hybridized carbons (Fsp3) is 0.500. The van der Waals surface area contributed by atoms with Gasteiger partial charge in [-0.2, -0.15) is 0 Å². The van der Waals surface area contributed by atoms with Gasteiger partial charge in [0.05, 0.1) is 6.61 Å². The Bertz CT molecular complexity index is 443. The maximum absolute atomic E-state index is 11.1. The average Bonchev–Trinajstić information content (AvgIpc) is 3.21. The Kier molecular flexibility index (Phi) is 3.68. The lowest BCUT2D eigenvalue weighted by molar-refractivity contribution is 0.1000. The van der Waals surface area contributed by atoms with E-state index >= 15 is 0 Å². The molecule has 1 amide bonds. The molecule has 4 nitrogen and oxygen atoms in total. The lowest BCUT2D eigenvalue weighted by Crippen LogP contribution is -2.47. The van der Waals surface area contributed by atoms with Crippen molar-refractivity contribution in [3.05, 3.63) is 35.4 Å². The number of benzene rings is 1. The molecule has 1 atom stereocenters. The summed E-state index contributed by atoms with van der Waals surface area (Å²) < 4.78 is 0. The van der Waals surface area contributed by atoms with Crippen LogP contribution in [0.3, 0.4) is 0 Å². The molecule has 1 aromatic carbocycles. The van der Waals surface area contributed by atoms with Gasteiger partial charge in [0.25, 0.3) is 0 Å². The molecule has 18 heavy (non-hydrogen) atoms. The van der Waals surface area contributed by atoms with Gasteiger partial charge in [0, 0.05) is 17.6 Å². The van der Waals surface area contributed by atoms with E-state index in [0.29, 0.717) is 18.0 Å². The molecule has 0 bridgehead atoms. The summed E-state index contributed by atoms with van der Waals surface area (Å²) in [6, 6.07) is 7.27. The molecule has 98 valence electrons. The number of primary amides is 1. The van der Waals surface area contributed by atoms with Crippen LogP contribution in [0.15, 0.2) is 24.3 Å². The maximum Gasteiger partial charge on any atom is 0.248 e. The summed E-state index contributed by atoms with van der Waals surface area (Å²) >= 11 is 0. The molecule has 1 saturated carbocycles. The summed E-state index contributed by atoms with van der Waals surface area (Å²) in [6.07, 6.45) is 2.34. The average molecular weight is 248 g/mol. The number of carbonyl (C=O) groups is 1. The van der Waals surface area contributed by atoms with Crippen LogP contribution in [0.2, 0.25) is 0 Å². The number of aliphatic hydroxyl groups is 1. The number of amides is 1. The summed E-state index contributed by atoms with van der Waals surface area (Å²) in [4.78, 5) is 11.1. The fourth-order valence-corrected chi connectivity index (χ4v) is 2.19. The number of hydrogen-bond acceptors (Lipinski definition) is 3. The monoisotopic (exact) mass is 248 g/mol. The third-order valence-electron chi connectivity index (χ3n) is 3.71. The second-order valence-electron chi connectivity index (χ2n) is 5.27. The lowest BCUT2D eigenvalue weighted by atomic mass is 9.96. The highest BCUT2D eigenvalue weighted by Crippen LogP contribution is 2.39. The zero-order valence-electron chi connectivity index (χ0n) is 10.6. The van der Waals surface area contributed by atoms with Gasteiger partial charge in [-0.3, -0.25) is 4.79 Å². The van der Waals surface area contributed by atoms with Gasteiger partial charge in [0.15, 0.2) is 0 Å². The minimum Gasteiger partial charge on any atom is -0.394 e. The highest BCUT2D eigenvalue weighted by atomic mass is 16.3. The zero-order valence-corrected chi connectivity index (χ0v) is 10.6. The first kappa shape index (κ1) is 13.1. The van der Waals surface area contributed by atoms with E-state index in [9.17, 15) is 9.90 Å². The quantitative estimate of drug-likeness (QED) is 0.704. The van der Waals surface area contributed by atoms with Gasteiger partial charge < -0.3 is 16.2 Å². The molecular weight excluding hydrogens is 228 g/mol. The van der Waals surface area contributed by atoms with Gasteiger partial charge in [-0.05, 0) is 43.4 Å². The number of carbonyl (C=O) groups excluding carboxylic acids is 1. The third kappa shape index (κ3) is 2.89. The number of nitrogens with one attached hydrogen (secondary N) is 1. The Morgan fingerprint density at radius 2 is 2.28 bits per heavy atom. The minimum absolute atomic E-state index is 0.132. The Hall–Kier alpha value is -1.39. The standard InChI is InChI=1S/C14H20N2O2/c1-14(9-17,12-5-6-12)16-8-10-3-2-4-11(7-10)13(15)18/h2-4,7,12,16-17H,5-6,8-9H2,1H3,(H2,15,18). The lowest BCUT2D eigenvalue weighted by Gasteiger charge is -2.29. The van der Waals surface area contributed by atoms with E-state index in [1.54, 1.807) is 12.1 Å². The largest absolute Gasteiger partial charge is 0.394 e. The van der Waals surface area contributed by atoms with Crippen molar-refractivity contribution in [3.63, 3.8) is 0 Å². The van der Waals surface area contributed by atoms with E-state index in [1.165, 1.54) is 12.8 Å². The van der Waals surface area contributed by atoms with Crippen LogP contribution in [0.4, 0.5) is 0 Å². The molecule has 2 rings (SSSR count). The molecule has 0 radical (unpaired) electrons. The van der Waals surface area contributed by atoms with Gasteiger partial charge >= 0.3 is 0 Å². The van der Waals surface area contributed by atoms with Crippen LogP contribution < -0.4 is 11.1 Å². The van der Waals surface area contributed by atoms with Crippen LogP contribution in [0.25, 0.3) is 0 Å². The first-order chi connectivity index (χ1) is 8.55. The van der Waals surface area contributed by atoms with Crippen molar-refractivity contribution < 1.29 is 9.90 Å². The first-order valence-electron chi connectivity index (χ1n) is 6.30. The summed E-state index contributed by atoms with van der Waals surface area (Å²) in [5.41, 5.74) is 6.56. The summed E-state index contributed by atoms with van der Waals surface area (Å²) in [5.74, 6) is 0.144. The predicted molar refractivity (Wildman–Crippen MR) is 70.0 cm³/mol. The molecule has 0 aromatic heterocycles. The maximum atomic E-state index is 11.1. The van der Waals surface area contributed by atoms with Crippen molar-refractivity contribution in [1.82, 2.24) is 5.32 Å². The summed E-state index contributed by atoms with van der Waals surface area (Å²) in [5, 5.41) is 12.9. The van der Waals surface area contributed by atoms with Crippen molar-refractivity contribution >= 4 is 5.91 Å². The molecule has 1 aliphatic carbocycles. The molecule has 0 aliphatic heterocycles. The Labute approximate surface area is 107 Å². The van der Waals surface area contributed by atoms with E-state index < -0.39 is 5.91 Å². The second kappa shape index (κ2) is 5.08. The van der Waals surface area contributed by atoms with Crippen LogP contribution in [-0.2, 0) is 6.54 Å². The van der Waals surface area contributed by atoms with Crippen molar-refractivity contribution in [3.8, 4) is 0 Å². The van der Waals surface area contributed by atoms with Crippen LogP contribution >= 0.6 is 0 Å². The summed E-state index contributed by atoms with van der Waals surface area (Å²) in [6.45, 7) is 2.81. The number of hydrogen-bond donors (Lipinski definition) is 3. The van der Waals surface area contributed by atoms with Crippen molar-refractivity contribution in [2.75, 3.05) is 6.61 Å². The SMILES string of the molecule is CC(CO)(NCc1cccc(C(N)=O)c1)C1CC1. The molecule has 4 heteroatoms. The molecule has 1 aromatic rings. The molecular formula is C14H20N2O2. The number of rotatable bonds is 6. The molecule has 0 spiro atoms. The van der Waals surface area contributed by atoms with Crippen LogP contribution in [0.1, 0.15) is 35.7 Å². The van der Waals surface area contributed by atoms with Gasteiger partial charge in [-0.15, -0.1) is 0 Å². The van der Waals surface area contributed by atoms with Crippen LogP contribution in [0, 0.1) is 5.92 Å². The number of nitrogens with two attached hydrogens (primary N) is 1. The second-order valence-corrected chi connectivity index (χ2v) is 5.27. The predicted octanol–water partition coefficient (Wildman–Crippen LogP) is 1.04. The third-order valence-corrected chi connectivity index (χ3v) is 3.71. The van der Waals surface area contributed by atoms with Crippen LogP contribution in [0.5, 0.6) is 0 Å². The van der Waals surface area contributed by atoms with E-state index in [-0.39, 0.29) is 12.1 Å². The summed E-state index contributed by atoms with van der Waals surface area (Å²) in [7, 11) is 0. The highest BCUT2D eigenvalue weighted by Gasteiger charge is 2.40. The number of aliphatic hydroxyl groups excluding tert-OH is 1. The van der Waals surface area contributed by atoms with E-state index in [4.69, 9.17) is 5.73 Å². The van der Waals surface area contributed by atoms with E-state index in [1.807, 2.05) is 19.1 Å². The van der Waals surface area contributed by atoms with Crippen molar-refractivity contribution in [1.29, 1.82) is 0 Å². The molecule has 4 N–H and O–H groups in total. The van der Waals surface area contributed by atoms with Gasteiger partial charge in [0.2, 0.25) is 5.91 Å². The minimum atomic E-state index is -0.413. The van der Waals surface area contributed by atoms with E-state index in [0.717, 1.165) is 5.56 Å². The normalized spacial score (nSPS) is 18.3.